The Labute approximate surface area is 127 Å². The first-order valence-electron chi connectivity index (χ1n) is 6.64. The lowest BCUT2D eigenvalue weighted by Crippen LogP contribution is -2.14. The number of benzene rings is 1. The number of carbonyl (C=O) groups is 2. The van der Waals surface area contributed by atoms with Crippen LogP contribution in [0.5, 0.6) is 11.6 Å². The molecular formula is C16H15NO5. The second-order valence-corrected chi connectivity index (χ2v) is 4.17. The Hall–Kier alpha value is -2.89. The van der Waals surface area contributed by atoms with Crippen LogP contribution >= 0.6 is 0 Å². The second-order valence-electron chi connectivity index (χ2n) is 4.17. The molecule has 0 N–H and O–H groups in total. The fourth-order valence-electron chi connectivity index (χ4n) is 1.79. The summed E-state index contributed by atoms with van der Waals surface area (Å²) in [4.78, 5) is 27.9. The molecule has 114 valence electrons. The van der Waals surface area contributed by atoms with Crippen molar-refractivity contribution in [1.82, 2.24) is 4.98 Å². The lowest BCUT2D eigenvalue weighted by atomic mass is 10.2. The molecule has 0 saturated heterocycles. The molecular weight excluding hydrogens is 286 g/mol. The average Bonchev–Trinajstić information content (AvgIpc) is 2.55. The van der Waals surface area contributed by atoms with Gasteiger partial charge in [-0.15, -0.1) is 0 Å². The highest BCUT2D eigenvalue weighted by Gasteiger charge is 2.19. The maximum absolute atomic E-state index is 12.3. The average molecular weight is 301 g/mol. The van der Waals surface area contributed by atoms with Gasteiger partial charge >= 0.3 is 11.9 Å². The van der Waals surface area contributed by atoms with Crippen LogP contribution in [-0.4, -0.2) is 30.6 Å². The number of hydrogen-bond donors (Lipinski definition) is 0. The van der Waals surface area contributed by atoms with Gasteiger partial charge in [0.15, 0.2) is 0 Å². The highest BCUT2D eigenvalue weighted by atomic mass is 16.5. The maximum Gasteiger partial charge on any atom is 0.349 e. The molecule has 0 aliphatic carbocycles. The van der Waals surface area contributed by atoms with Gasteiger partial charge in [0.25, 0.3) is 0 Å². The third-order valence-corrected chi connectivity index (χ3v) is 2.77. The molecule has 1 heterocycles. The van der Waals surface area contributed by atoms with Crippen molar-refractivity contribution in [3.8, 4) is 11.6 Å². The molecule has 0 unspecified atom stereocenters. The molecule has 0 saturated carbocycles. The van der Waals surface area contributed by atoms with E-state index in [4.69, 9.17) is 9.47 Å². The normalized spacial score (nSPS) is 9.91. The van der Waals surface area contributed by atoms with Crippen molar-refractivity contribution < 1.29 is 23.8 Å². The van der Waals surface area contributed by atoms with E-state index in [9.17, 15) is 9.59 Å². The summed E-state index contributed by atoms with van der Waals surface area (Å²) < 4.78 is 15.2. The Kier molecular flexibility index (Phi) is 5.08. The number of esters is 2. The number of rotatable bonds is 5. The Morgan fingerprint density at radius 2 is 1.77 bits per heavy atom. The standard InChI is InChI=1S/C16H15NO5/c1-3-21-14-12(8-6-10-17-14)16(19)22-13-9-5-4-7-11(13)15(18)20-2/h4-10H,3H2,1-2H3. The van der Waals surface area contributed by atoms with Crippen LogP contribution < -0.4 is 9.47 Å². The van der Waals surface area contributed by atoms with Gasteiger partial charge in [0.2, 0.25) is 5.88 Å². The topological polar surface area (TPSA) is 74.7 Å². The van der Waals surface area contributed by atoms with Gasteiger partial charge in [-0.2, -0.15) is 0 Å². The molecule has 0 aliphatic rings. The number of pyridine rings is 1. The third kappa shape index (κ3) is 3.41. The molecule has 0 bridgehead atoms. The van der Waals surface area contributed by atoms with Crippen LogP contribution in [0.25, 0.3) is 0 Å². The van der Waals surface area contributed by atoms with Crippen molar-refractivity contribution in [1.29, 1.82) is 0 Å². The first kappa shape index (κ1) is 15.5. The molecule has 0 aliphatic heterocycles. The number of aromatic nitrogens is 1. The molecule has 6 heteroatoms. The maximum atomic E-state index is 12.3. The van der Waals surface area contributed by atoms with E-state index < -0.39 is 11.9 Å². The van der Waals surface area contributed by atoms with Gasteiger partial charge in [-0.3, -0.25) is 0 Å². The zero-order valence-corrected chi connectivity index (χ0v) is 12.2. The van der Waals surface area contributed by atoms with Gasteiger partial charge in [-0.05, 0) is 31.2 Å². The van der Waals surface area contributed by atoms with E-state index in [2.05, 4.69) is 9.72 Å². The molecule has 0 atom stereocenters. The zero-order chi connectivity index (χ0) is 15.9. The number of ether oxygens (including phenoxy) is 3. The summed E-state index contributed by atoms with van der Waals surface area (Å²) in [7, 11) is 1.26. The molecule has 2 rings (SSSR count). The third-order valence-electron chi connectivity index (χ3n) is 2.77. The van der Waals surface area contributed by atoms with E-state index in [-0.39, 0.29) is 22.8 Å². The summed E-state index contributed by atoms with van der Waals surface area (Å²) in [6.45, 7) is 2.16. The lowest BCUT2D eigenvalue weighted by Gasteiger charge is -2.10. The quantitative estimate of drug-likeness (QED) is 0.624. The molecule has 0 fully saturated rings. The summed E-state index contributed by atoms with van der Waals surface area (Å²) in [5.41, 5.74) is 0.351. The fraction of sp³-hybridized carbons (Fsp3) is 0.188. The minimum atomic E-state index is -0.659. The summed E-state index contributed by atoms with van der Waals surface area (Å²) in [6.07, 6.45) is 1.52. The first-order chi connectivity index (χ1) is 10.7. The predicted octanol–water partition coefficient (Wildman–Crippen LogP) is 2.49. The van der Waals surface area contributed by atoms with Crippen LogP contribution in [0.2, 0.25) is 0 Å². The van der Waals surface area contributed by atoms with E-state index >= 15 is 0 Å². The van der Waals surface area contributed by atoms with Gasteiger partial charge in [0, 0.05) is 6.20 Å². The van der Waals surface area contributed by atoms with E-state index in [1.165, 1.54) is 25.4 Å². The molecule has 0 spiro atoms. The van der Waals surface area contributed by atoms with E-state index in [1.54, 1.807) is 31.2 Å². The summed E-state index contributed by atoms with van der Waals surface area (Å²) >= 11 is 0. The van der Waals surface area contributed by atoms with Crippen LogP contribution in [0.3, 0.4) is 0 Å². The van der Waals surface area contributed by atoms with Crippen LogP contribution in [0.15, 0.2) is 42.6 Å². The highest BCUT2D eigenvalue weighted by Crippen LogP contribution is 2.22. The monoisotopic (exact) mass is 301 g/mol. The molecule has 1 aromatic carbocycles. The van der Waals surface area contributed by atoms with Crippen molar-refractivity contribution >= 4 is 11.9 Å². The van der Waals surface area contributed by atoms with Crippen molar-refractivity contribution in [3.05, 3.63) is 53.7 Å². The first-order valence-corrected chi connectivity index (χ1v) is 6.64. The largest absolute Gasteiger partial charge is 0.477 e. The molecule has 2 aromatic rings. The van der Waals surface area contributed by atoms with Crippen LogP contribution in [0.1, 0.15) is 27.6 Å². The van der Waals surface area contributed by atoms with Crippen LogP contribution in [-0.2, 0) is 4.74 Å². The van der Waals surface area contributed by atoms with Crippen molar-refractivity contribution in [2.75, 3.05) is 13.7 Å². The molecule has 22 heavy (non-hydrogen) atoms. The number of nitrogens with zero attached hydrogens (tertiary/aromatic N) is 1. The van der Waals surface area contributed by atoms with Crippen molar-refractivity contribution in [2.24, 2.45) is 0 Å². The van der Waals surface area contributed by atoms with Crippen LogP contribution in [0, 0.1) is 0 Å². The van der Waals surface area contributed by atoms with Gasteiger partial charge in [0.05, 0.1) is 13.7 Å². The minimum Gasteiger partial charge on any atom is -0.477 e. The molecule has 0 amide bonds. The fourth-order valence-corrected chi connectivity index (χ4v) is 1.79. The van der Waals surface area contributed by atoms with Crippen LogP contribution in [0.4, 0.5) is 0 Å². The number of para-hydroxylation sites is 1. The smallest absolute Gasteiger partial charge is 0.349 e. The minimum absolute atomic E-state index is 0.116. The Morgan fingerprint density at radius 3 is 2.50 bits per heavy atom. The molecule has 1 aromatic heterocycles. The van der Waals surface area contributed by atoms with E-state index in [0.717, 1.165) is 0 Å². The SMILES string of the molecule is CCOc1ncccc1C(=O)Oc1ccccc1C(=O)OC. The summed E-state index contributed by atoms with van der Waals surface area (Å²) in [5, 5.41) is 0. The summed E-state index contributed by atoms with van der Waals surface area (Å²) in [5.74, 6) is -0.941. The highest BCUT2D eigenvalue weighted by molar-refractivity contribution is 5.97. The number of hydrogen-bond acceptors (Lipinski definition) is 6. The van der Waals surface area contributed by atoms with Gasteiger partial charge in [-0.1, -0.05) is 12.1 Å². The zero-order valence-electron chi connectivity index (χ0n) is 12.2. The van der Waals surface area contributed by atoms with E-state index in [1.807, 2.05) is 0 Å². The molecule has 0 radical (unpaired) electrons. The summed E-state index contributed by atoms with van der Waals surface area (Å²) in [6, 6.07) is 9.48. The molecule has 6 nitrogen and oxygen atoms in total. The van der Waals surface area contributed by atoms with Crippen molar-refractivity contribution in [2.45, 2.75) is 6.92 Å². The van der Waals surface area contributed by atoms with Gasteiger partial charge < -0.3 is 14.2 Å². The Bertz CT molecular complexity index is 684. The Morgan fingerprint density at radius 1 is 1.05 bits per heavy atom. The number of carbonyl (C=O) groups excluding carboxylic acids is 2. The second kappa shape index (κ2) is 7.21. The predicted molar refractivity (Wildman–Crippen MR) is 78.1 cm³/mol. The van der Waals surface area contributed by atoms with E-state index in [0.29, 0.717) is 6.61 Å². The van der Waals surface area contributed by atoms with Gasteiger partial charge in [0.1, 0.15) is 16.9 Å². The lowest BCUT2D eigenvalue weighted by molar-refractivity contribution is 0.0593. The number of methoxy groups -OCH3 is 1. The Balaban J connectivity index is 2.28. The van der Waals surface area contributed by atoms with Crippen molar-refractivity contribution in [3.63, 3.8) is 0 Å². The van der Waals surface area contributed by atoms with Gasteiger partial charge in [-0.25, -0.2) is 14.6 Å².